The van der Waals surface area contributed by atoms with E-state index in [4.69, 9.17) is 11.6 Å². The van der Waals surface area contributed by atoms with Gasteiger partial charge in [-0.05, 0) is 48.5 Å². The number of fused-ring (bicyclic) bond motifs is 1. The highest BCUT2D eigenvalue weighted by atomic mass is 35.5. The van der Waals surface area contributed by atoms with Crippen LogP contribution in [0.5, 0.6) is 5.75 Å². The van der Waals surface area contributed by atoms with Crippen LogP contribution in [0.1, 0.15) is 0 Å². The summed E-state index contributed by atoms with van der Waals surface area (Å²) in [5.41, 5.74) is 0.506. The number of pyridine rings is 1. The Labute approximate surface area is 195 Å². The maximum Gasteiger partial charge on any atom is 0.387 e. The first-order chi connectivity index (χ1) is 15.9. The molecule has 0 saturated carbocycles. The van der Waals surface area contributed by atoms with Crippen LogP contribution in [0.2, 0.25) is 5.02 Å². The number of halogens is 3. The topological polar surface area (TPSA) is 86.1 Å². The molecular formula is C22H15ClF2N4O3S. The first kappa shape index (κ1) is 22.7. The monoisotopic (exact) mass is 488 g/mol. The van der Waals surface area contributed by atoms with Gasteiger partial charge in [0, 0.05) is 6.20 Å². The number of para-hydroxylation sites is 1. The molecule has 33 heavy (non-hydrogen) atoms. The lowest BCUT2D eigenvalue weighted by Crippen LogP contribution is -2.23. The minimum atomic E-state index is -2.96. The number of ether oxygens (including phenoxy) is 1. The molecule has 2 aromatic heterocycles. The van der Waals surface area contributed by atoms with Gasteiger partial charge >= 0.3 is 6.61 Å². The van der Waals surface area contributed by atoms with Gasteiger partial charge in [0.25, 0.3) is 5.56 Å². The van der Waals surface area contributed by atoms with Gasteiger partial charge in [-0.25, -0.2) is 9.97 Å². The van der Waals surface area contributed by atoms with Crippen molar-refractivity contribution in [2.45, 2.75) is 11.8 Å². The molecule has 11 heteroatoms. The van der Waals surface area contributed by atoms with Crippen molar-refractivity contribution >= 4 is 46.0 Å². The number of anilines is 1. The Morgan fingerprint density at radius 3 is 2.58 bits per heavy atom. The van der Waals surface area contributed by atoms with Crippen LogP contribution in [0.25, 0.3) is 16.6 Å². The molecule has 4 aromatic rings. The first-order valence-corrected chi connectivity index (χ1v) is 10.9. The second kappa shape index (κ2) is 9.97. The summed E-state index contributed by atoms with van der Waals surface area (Å²) in [6.45, 7) is -2.96. The van der Waals surface area contributed by atoms with E-state index in [1.165, 1.54) is 35.0 Å². The van der Waals surface area contributed by atoms with Crippen LogP contribution in [0, 0.1) is 0 Å². The van der Waals surface area contributed by atoms with Gasteiger partial charge < -0.3 is 10.1 Å². The third-order valence-corrected chi connectivity index (χ3v) is 5.55. The molecule has 0 aliphatic rings. The fraction of sp³-hybridized carbons (Fsp3) is 0.0909. The van der Waals surface area contributed by atoms with Crippen molar-refractivity contribution in [3.05, 3.63) is 82.2 Å². The van der Waals surface area contributed by atoms with Crippen molar-refractivity contribution in [1.29, 1.82) is 0 Å². The van der Waals surface area contributed by atoms with Crippen LogP contribution in [0.4, 0.5) is 14.6 Å². The van der Waals surface area contributed by atoms with Crippen LogP contribution in [-0.2, 0) is 4.79 Å². The molecule has 7 nitrogen and oxygen atoms in total. The molecule has 0 unspecified atom stereocenters. The Bertz CT molecular complexity index is 1350. The van der Waals surface area contributed by atoms with Crippen LogP contribution in [-0.4, -0.2) is 32.8 Å². The van der Waals surface area contributed by atoms with Gasteiger partial charge in [0.1, 0.15) is 11.6 Å². The summed E-state index contributed by atoms with van der Waals surface area (Å²) < 4.78 is 30.6. The van der Waals surface area contributed by atoms with Gasteiger partial charge in [-0.2, -0.15) is 8.78 Å². The summed E-state index contributed by atoms with van der Waals surface area (Å²) >= 11 is 6.85. The lowest BCUT2D eigenvalue weighted by molar-refractivity contribution is -0.113. The number of nitrogens with one attached hydrogen (secondary N) is 1. The second-order valence-electron chi connectivity index (χ2n) is 6.62. The molecular weight excluding hydrogens is 474 g/mol. The van der Waals surface area contributed by atoms with E-state index < -0.39 is 6.61 Å². The molecule has 0 atom stereocenters. The fourth-order valence-electron chi connectivity index (χ4n) is 2.97. The van der Waals surface area contributed by atoms with Gasteiger partial charge in [-0.15, -0.1) is 0 Å². The van der Waals surface area contributed by atoms with E-state index in [-0.39, 0.29) is 28.1 Å². The molecule has 1 amide bonds. The van der Waals surface area contributed by atoms with Gasteiger partial charge in [0.05, 0.1) is 27.4 Å². The Hall–Kier alpha value is -3.50. The lowest BCUT2D eigenvalue weighted by Gasteiger charge is -2.14. The molecule has 4 rings (SSSR count). The molecule has 2 aromatic carbocycles. The van der Waals surface area contributed by atoms with Crippen molar-refractivity contribution in [2.75, 3.05) is 11.1 Å². The summed E-state index contributed by atoms with van der Waals surface area (Å²) in [7, 11) is 0. The van der Waals surface area contributed by atoms with Crippen molar-refractivity contribution in [3.8, 4) is 11.4 Å². The van der Waals surface area contributed by atoms with Gasteiger partial charge in [-0.1, -0.05) is 35.5 Å². The number of carbonyl (C=O) groups excluding carboxylic acids is 1. The highest BCUT2D eigenvalue weighted by Crippen LogP contribution is 2.23. The predicted octanol–water partition coefficient (Wildman–Crippen LogP) is 4.77. The van der Waals surface area contributed by atoms with Crippen LogP contribution in [0.3, 0.4) is 0 Å². The number of aromatic nitrogens is 3. The van der Waals surface area contributed by atoms with Crippen LogP contribution >= 0.6 is 23.4 Å². The molecule has 0 saturated heterocycles. The summed E-state index contributed by atoms with van der Waals surface area (Å²) in [5.74, 6) is -0.116. The number of hydrogen-bond acceptors (Lipinski definition) is 6. The SMILES string of the molecule is O=C(CSc1nc2ccccc2c(=O)n1-c1ccc(OC(F)F)cc1)Nc1ccc(Cl)cn1. The van der Waals surface area contributed by atoms with Crippen molar-refractivity contribution in [1.82, 2.24) is 14.5 Å². The van der Waals surface area contributed by atoms with Gasteiger partial charge in [-0.3, -0.25) is 14.2 Å². The highest BCUT2D eigenvalue weighted by molar-refractivity contribution is 7.99. The molecule has 0 aliphatic heterocycles. The van der Waals surface area contributed by atoms with E-state index in [0.717, 1.165) is 11.8 Å². The lowest BCUT2D eigenvalue weighted by atomic mass is 10.2. The number of carbonyl (C=O) groups is 1. The normalized spacial score (nSPS) is 11.0. The number of alkyl halides is 2. The van der Waals surface area contributed by atoms with Crippen LogP contribution in [0.15, 0.2) is 76.8 Å². The zero-order chi connectivity index (χ0) is 23.4. The van der Waals surface area contributed by atoms with Crippen molar-refractivity contribution in [3.63, 3.8) is 0 Å². The Balaban J connectivity index is 1.64. The Kier molecular flexibility index (Phi) is 6.85. The predicted molar refractivity (Wildman–Crippen MR) is 123 cm³/mol. The number of amides is 1. The average Bonchev–Trinajstić information content (AvgIpc) is 2.80. The van der Waals surface area contributed by atoms with Crippen molar-refractivity contribution < 1.29 is 18.3 Å². The minimum absolute atomic E-state index is 0.0420. The van der Waals surface area contributed by atoms with Crippen molar-refractivity contribution in [2.24, 2.45) is 0 Å². The van der Waals surface area contributed by atoms with Gasteiger partial charge in [0.2, 0.25) is 5.91 Å². The molecule has 2 heterocycles. The zero-order valence-electron chi connectivity index (χ0n) is 16.7. The van der Waals surface area contributed by atoms with E-state index in [2.05, 4.69) is 20.0 Å². The number of nitrogens with zero attached hydrogens (tertiary/aromatic N) is 3. The third-order valence-electron chi connectivity index (χ3n) is 4.39. The maximum atomic E-state index is 13.2. The maximum absolute atomic E-state index is 13.2. The van der Waals surface area contributed by atoms with E-state index in [1.807, 2.05) is 0 Å². The van der Waals surface area contributed by atoms with E-state index in [0.29, 0.717) is 27.4 Å². The smallest absolute Gasteiger partial charge is 0.387 e. The molecule has 168 valence electrons. The van der Waals surface area contributed by atoms with E-state index in [1.54, 1.807) is 36.4 Å². The molecule has 0 fully saturated rings. The number of thioether (sulfide) groups is 1. The number of rotatable bonds is 7. The average molecular weight is 489 g/mol. The quantitative estimate of drug-likeness (QED) is 0.298. The number of benzene rings is 2. The van der Waals surface area contributed by atoms with E-state index >= 15 is 0 Å². The summed E-state index contributed by atoms with van der Waals surface area (Å²) in [6, 6.07) is 15.6. The minimum Gasteiger partial charge on any atom is -0.435 e. The standard InChI is InChI=1S/C22H15ClF2N4O3S/c23-13-5-10-18(26-11-13)28-19(30)12-33-22-27-17-4-2-1-3-16(17)20(31)29(22)14-6-8-15(9-7-14)32-21(24)25/h1-11,21H,12H2,(H,26,28,30). The molecule has 0 radical (unpaired) electrons. The zero-order valence-corrected chi connectivity index (χ0v) is 18.3. The molecule has 1 N–H and O–H groups in total. The molecule has 0 spiro atoms. The Morgan fingerprint density at radius 1 is 1.12 bits per heavy atom. The highest BCUT2D eigenvalue weighted by Gasteiger charge is 2.15. The summed E-state index contributed by atoms with van der Waals surface area (Å²) in [4.78, 5) is 34.2. The Morgan fingerprint density at radius 2 is 1.88 bits per heavy atom. The van der Waals surface area contributed by atoms with E-state index in [9.17, 15) is 18.4 Å². The van der Waals surface area contributed by atoms with Gasteiger partial charge in [0.15, 0.2) is 5.16 Å². The third kappa shape index (κ3) is 5.47. The second-order valence-corrected chi connectivity index (χ2v) is 8.00. The first-order valence-electron chi connectivity index (χ1n) is 9.52. The van der Waals surface area contributed by atoms with Crippen LogP contribution < -0.4 is 15.6 Å². The number of hydrogen-bond donors (Lipinski definition) is 1. The molecule has 0 bridgehead atoms. The summed E-state index contributed by atoms with van der Waals surface area (Å²) in [6.07, 6.45) is 1.41. The largest absolute Gasteiger partial charge is 0.435 e. The molecule has 0 aliphatic carbocycles. The summed E-state index contributed by atoms with van der Waals surface area (Å²) in [5, 5.41) is 3.73. The fourth-order valence-corrected chi connectivity index (χ4v) is 3.90.